The average molecular weight is 299 g/mol. The normalized spacial score (nSPS) is 18.6. The van der Waals surface area contributed by atoms with Crippen LogP contribution in [-0.2, 0) is 14.3 Å². The number of nitrogens with one attached hydrogen (secondary N) is 1. The van der Waals surface area contributed by atoms with E-state index >= 15 is 0 Å². The highest BCUT2D eigenvalue weighted by atomic mass is 16.5. The third-order valence-electron chi connectivity index (χ3n) is 3.74. The lowest BCUT2D eigenvalue weighted by Gasteiger charge is -2.36. The van der Waals surface area contributed by atoms with Crippen LogP contribution in [0, 0.1) is 0 Å². The molecule has 0 radical (unpaired) electrons. The zero-order chi connectivity index (χ0) is 15.5. The number of nitrogens with two attached hydrogens (primary N) is 1. The average Bonchev–Trinajstić information content (AvgIpc) is 2.50. The molecule has 1 saturated heterocycles. The van der Waals surface area contributed by atoms with Crippen LogP contribution in [0.25, 0.3) is 0 Å². The van der Waals surface area contributed by atoms with Gasteiger partial charge in [0.05, 0.1) is 0 Å². The Morgan fingerprint density at radius 3 is 2.86 bits per heavy atom. The van der Waals surface area contributed by atoms with Crippen LogP contribution in [0.1, 0.15) is 45.4 Å². The predicted molar refractivity (Wildman–Crippen MR) is 81.8 cm³/mol. The molecule has 1 heterocycles. The summed E-state index contributed by atoms with van der Waals surface area (Å²) in [6.07, 6.45) is 4.74. The molecule has 3 N–H and O–H groups in total. The van der Waals surface area contributed by atoms with Crippen LogP contribution in [0.3, 0.4) is 0 Å². The molecule has 1 aliphatic rings. The van der Waals surface area contributed by atoms with E-state index in [-0.39, 0.29) is 17.9 Å². The Morgan fingerprint density at radius 1 is 1.33 bits per heavy atom. The largest absolute Gasteiger partial charge is 0.382 e. The number of carbonyl (C=O) groups excluding carboxylic acids is 2. The number of rotatable bonds is 9. The summed E-state index contributed by atoms with van der Waals surface area (Å²) in [5.41, 5.74) is 5.36. The van der Waals surface area contributed by atoms with Crippen LogP contribution in [0.2, 0.25) is 0 Å². The monoisotopic (exact) mass is 299 g/mol. The van der Waals surface area contributed by atoms with Crippen LogP contribution in [-0.4, -0.2) is 55.6 Å². The van der Waals surface area contributed by atoms with Gasteiger partial charge in [-0.25, -0.2) is 0 Å². The van der Waals surface area contributed by atoms with Crippen molar-refractivity contribution < 1.29 is 14.3 Å². The SMILES string of the molecule is CCOCCCC(=O)N1CCCCC1CNC(=O)CCN. The van der Waals surface area contributed by atoms with Crippen molar-refractivity contribution in [3.05, 3.63) is 0 Å². The van der Waals surface area contributed by atoms with Gasteiger partial charge in [0.2, 0.25) is 11.8 Å². The molecular formula is C15H29N3O3. The molecule has 0 aromatic rings. The Bertz CT molecular complexity index is 323. The molecule has 122 valence electrons. The lowest BCUT2D eigenvalue weighted by atomic mass is 10.0. The van der Waals surface area contributed by atoms with Gasteiger partial charge in [0.1, 0.15) is 0 Å². The summed E-state index contributed by atoms with van der Waals surface area (Å²) in [6, 6.07) is 0.125. The number of hydrogen-bond acceptors (Lipinski definition) is 4. The smallest absolute Gasteiger partial charge is 0.222 e. The molecule has 0 spiro atoms. The molecular weight excluding hydrogens is 270 g/mol. The topological polar surface area (TPSA) is 84.7 Å². The first kappa shape index (κ1) is 17.9. The van der Waals surface area contributed by atoms with E-state index in [0.29, 0.717) is 39.1 Å². The third-order valence-corrected chi connectivity index (χ3v) is 3.74. The first-order chi connectivity index (χ1) is 10.2. The molecule has 21 heavy (non-hydrogen) atoms. The maximum Gasteiger partial charge on any atom is 0.222 e. The summed E-state index contributed by atoms with van der Waals surface area (Å²) in [5.74, 6) is 0.138. The van der Waals surface area contributed by atoms with Gasteiger partial charge in [0.15, 0.2) is 0 Å². The maximum atomic E-state index is 12.3. The molecule has 0 saturated carbocycles. The van der Waals surface area contributed by atoms with Gasteiger partial charge < -0.3 is 20.7 Å². The second-order valence-corrected chi connectivity index (χ2v) is 5.38. The summed E-state index contributed by atoms with van der Waals surface area (Å²) in [6.45, 7) is 4.96. The summed E-state index contributed by atoms with van der Waals surface area (Å²) in [7, 11) is 0. The van der Waals surface area contributed by atoms with Crippen molar-refractivity contribution in [1.29, 1.82) is 0 Å². The van der Waals surface area contributed by atoms with Crippen molar-refractivity contribution in [3.63, 3.8) is 0 Å². The van der Waals surface area contributed by atoms with E-state index < -0.39 is 0 Å². The second kappa shape index (κ2) is 10.6. The minimum Gasteiger partial charge on any atom is -0.382 e. The van der Waals surface area contributed by atoms with Gasteiger partial charge in [-0.05, 0) is 32.6 Å². The van der Waals surface area contributed by atoms with Gasteiger partial charge in [-0.2, -0.15) is 0 Å². The molecule has 1 unspecified atom stereocenters. The Balaban J connectivity index is 2.37. The highest BCUT2D eigenvalue weighted by Gasteiger charge is 2.26. The van der Waals surface area contributed by atoms with E-state index in [1.54, 1.807) is 0 Å². The van der Waals surface area contributed by atoms with E-state index in [4.69, 9.17) is 10.5 Å². The number of piperidine rings is 1. The van der Waals surface area contributed by atoms with Crippen LogP contribution in [0.4, 0.5) is 0 Å². The predicted octanol–water partition coefficient (Wildman–Crippen LogP) is 0.649. The number of likely N-dealkylation sites (tertiary alicyclic amines) is 1. The molecule has 1 fully saturated rings. The van der Waals surface area contributed by atoms with Gasteiger partial charge in [-0.15, -0.1) is 0 Å². The van der Waals surface area contributed by atoms with Crippen molar-refractivity contribution in [2.45, 2.75) is 51.5 Å². The molecule has 0 aromatic carbocycles. The minimum absolute atomic E-state index is 0.0354. The quantitative estimate of drug-likeness (QED) is 0.612. The van der Waals surface area contributed by atoms with Crippen molar-refractivity contribution in [2.24, 2.45) is 5.73 Å². The first-order valence-corrected chi connectivity index (χ1v) is 8.03. The van der Waals surface area contributed by atoms with E-state index in [9.17, 15) is 9.59 Å². The molecule has 0 aliphatic carbocycles. The van der Waals surface area contributed by atoms with Gasteiger partial charge in [0, 0.05) is 51.7 Å². The van der Waals surface area contributed by atoms with Gasteiger partial charge >= 0.3 is 0 Å². The molecule has 1 rings (SSSR count). The van der Waals surface area contributed by atoms with E-state index in [0.717, 1.165) is 32.2 Å². The zero-order valence-electron chi connectivity index (χ0n) is 13.1. The minimum atomic E-state index is -0.0354. The standard InChI is InChI=1S/C15H29N3O3/c1-2-21-11-5-7-15(20)18-10-4-3-6-13(18)12-17-14(19)8-9-16/h13H,2-12,16H2,1H3,(H,17,19). The van der Waals surface area contributed by atoms with Gasteiger partial charge in [-0.1, -0.05) is 0 Å². The lowest BCUT2D eigenvalue weighted by molar-refractivity contribution is -0.135. The molecule has 0 aromatic heterocycles. The van der Waals surface area contributed by atoms with E-state index in [1.807, 2.05) is 11.8 Å². The van der Waals surface area contributed by atoms with Crippen LogP contribution in [0.15, 0.2) is 0 Å². The summed E-state index contributed by atoms with van der Waals surface area (Å²) < 4.78 is 5.26. The summed E-state index contributed by atoms with van der Waals surface area (Å²) in [4.78, 5) is 25.7. The van der Waals surface area contributed by atoms with Crippen molar-refractivity contribution >= 4 is 11.8 Å². The molecule has 1 atom stereocenters. The van der Waals surface area contributed by atoms with Crippen LogP contribution in [0.5, 0.6) is 0 Å². The number of nitrogens with zero attached hydrogens (tertiary/aromatic N) is 1. The van der Waals surface area contributed by atoms with Crippen molar-refractivity contribution in [3.8, 4) is 0 Å². The second-order valence-electron chi connectivity index (χ2n) is 5.38. The number of amides is 2. The van der Waals surface area contributed by atoms with Crippen LogP contribution >= 0.6 is 0 Å². The first-order valence-electron chi connectivity index (χ1n) is 8.03. The Kier molecular flexibility index (Phi) is 9.01. The molecule has 1 aliphatic heterocycles. The van der Waals surface area contributed by atoms with Crippen molar-refractivity contribution in [2.75, 3.05) is 32.8 Å². The maximum absolute atomic E-state index is 12.3. The Morgan fingerprint density at radius 2 is 2.14 bits per heavy atom. The third kappa shape index (κ3) is 6.91. The van der Waals surface area contributed by atoms with E-state index in [1.165, 1.54) is 0 Å². The highest BCUT2D eigenvalue weighted by molar-refractivity contribution is 5.77. The molecule has 6 heteroatoms. The fourth-order valence-electron chi connectivity index (χ4n) is 2.61. The summed E-state index contributed by atoms with van der Waals surface area (Å²) in [5, 5.41) is 2.88. The van der Waals surface area contributed by atoms with Gasteiger partial charge in [-0.3, -0.25) is 9.59 Å². The molecule has 6 nitrogen and oxygen atoms in total. The Labute approximate surface area is 127 Å². The highest BCUT2D eigenvalue weighted by Crippen LogP contribution is 2.18. The molecule has 0 bridgehead atoms. The number of hydrogen-bond donors (Lipinski definition) is 2. The fourth-order valence-corrected chi connectivity index (χ4v) is 2.61. The Hall–Kier alpha value is -1.14. The lowest BCUT2D eigenvalue weighted by Crippen LogP contribution is -2.49. The van der Waals surface area contributed by atoms with Gasteiger partial charge in [0.25, 0.3) is 0 Å². The number of carbonyl (C=O) groups is 2. The van der Waals surface area contributed by atoms with Crippen LogP contribution < -0.4 is 11.1 Å². The van der Waals surface area contributed by atoms with Crippen molar-refractivity contribution in [1.82, 2.24) is 10.2 Å². The molecule has 2 amide bonds. The number of ether oxygens (including phenoxy) is 1. The summed E-state index contributed by atoms with van der Waals surface area (Å²) >= 11 is 0. The fraction of sp³-hybridized carbons (Fsp3) is 0.867. The van der Waals surface area contributed by atoms with E-state index in [2.05, 4.69) is 5.32 Å². The zero-order valence-corrected chi connectivity index (χ0v) is 13.1.